The molecular formula is C24H31N3O6S. The van der Waals surface area contributed by atoms with Gasteiger partial charge in [0.1, 0.15) is 0 Å². The topological polar surface area (TPSA) is 89.9 Å². The molecule has 2 aromatic carbocycles. The van der Waals surface area contributed by atoms with Gasteiger partial charge < -0.3 is 23.8 Å². The van der Waals surface area contributed by atoms with E-state index < -0.39 is 10.0 Å². The summed E-state index contributed by atoms with van der Waals surface area (Å²) in [5.74, 6) is 1.51. The van der Waals surface area contributed by atoms with Gasteiger partial charge in [0, 0.05) is 38.0 Å². The van der Waals surface area contributed by atoms with Crippen LogP contribution in [0.25, 0.3) is 0 Å². The molecule has 0 unspecified atom stereocenters. The zero-order chi connectivity index (χ0) is 24.1. The summed E-state index contributed by atoms with van der Waals surface area (Å²) < 4.78 is 49.7. The van der Waals surface area contributed by atoms with Crippen molar-refractivity contribution in [2.24, 2.45) is 4.99 Å². The molecule has 2 aromatic rings. The normalized spacial score (nSPS) is 17.3. The molecule has 0 aliphatic carbocycles. The number of ether oxygens (including phenoxy) is 4. The fraction of sp³-hybridized carbons (Fsp3) is 0.458. The Morgan fingerprint density at radius 3 is 2.26 bits per heavy atom. The van der Waals surface area contributed by atoms with E-state index in [2.05, 4.69) is 4.90 Å². The number of benzene rings is 2. The molecule has 0 N–H and O–H groups in total. The molecule has 0 amide bonds. The van der Waals surface area contributed by atoms with Crippen molar-refractivity contribution >= 4 is 27.6 Å². The van der Waals surface area contributed by atoms with Crippen molar-refractivity contribution in [1.82, 2.24) is 4.31 Å². The first kappa shape index (κ1) is 24.3. The number of anilines is 1. The first-order valence-corrected chi connectivity index (χ1v) is 12.7. The molecular weight excluding hydrogens is 458 g/mol. The number of sulfonamides is 1. The minimum Gasteiger partial charge on any atom is -0.493 e. The molecule has 184 valence electrons. The average Bonchev–Trinajstić information content (AvgIpc) is 3.42. The average molecular weight is 490 g/mol. The van der Waals surface area contributed by atoms with Crippen molar-refractivity contribution in [3.63, 3.8) is 0 Å². The predicted molar refractivity (Wildman–Crippen MR) is 131 cm³/mol. The monoisotopic (exact) mass is 489 g/mol. The highest BCUT2D eigenvalue weighted by Gasteiger charge is 2.28. The zero-order valence-corrected chi connectivity index (χ0v) is 20.6. The minimum atomic E-state index is -3.64. The molecule has 4 rings (SSSR count). The second-order valence-corrected chi connectivity index (χ2v) is 9.98. The molecule has 2 fully saturated rings. The van der Waals surface area contributed by atoms with Gasteiger partial charge >= 0.3 is 0 Å². The Kier molecular flexibility index (Phi) is 7.60. The summed E-state index contributed by atoms with van der Waals surface area (Å²) in [5.41, 5.74) is 2.19. The van der Waals surface area contributed by atoms with E-state index in [1.807, 2.05) is 12.1 Å². The fourth-order valence-corrected chi connectivity index (χ4v) is 5.72. The highest BCUT2D eigenvalue weighted by Crippen LogP contribution is 2.40. The number of hydrogen-bond donors (Lipinski definition) is 0. The van der Waals surface area contributed by atoms with Crippen LogP contribution in [0.5, 0.6) is 17.2 Å². The van der Waals surface area contributed by atoms with Crippen molar-refractivity contribution in [1.29, 1.82) is 0 Å². The molecule has 2 aliphatic heterocycles. The van der Waals surface area contributed by atoms with Crippen molar-refractivity contribution in [2.45, 2.75) is 17.7 Å². The van der Waals surface area contributed by atoms with E-state index in [-0.39, 0.29) is 4.90 Å². The summed E-state index contributed by atoms with van der Waals surface area (Å²) in [5, 5.41) is 0. The molecule has 2 aliphatic rings. The molecule has 0 atom stereocenters. The Morgan fingerprint density at radius 2 is 1.62 bits per heavy atom. The van der Waals surface area contributed by atoms with Gasteiger partial charge in [-0.15, -0.1) is 0 Å². The Labute approximate surface area is 200 Å². The molecule has 0 radical (unpaired) electrons. The lowest BCUT2D eigenvalue weighted by Gasteiger charge is -2.27. The molecule has 9 nitrogen and oxygen atoms in total. The Balaban J connectivity index is 1.75. The predicted octanol–water partition coefficient (Wildman–Crippen LogP) is 3.08. The lowest BCUT2D eigenvalue weighted by atomic mass is 10.1. The van der Waals surface area contributed by atoms with Crippen LogP contribution in [0.1, 0.15) is 18.4 Å². The van der Waals surface area contributed by atoms with Gasteiger partial charge in [-0.2, -0.15) is 4.31 Å². The maximum atomic E-state index is 13.3. The van der Waals surface area contributed by atoms with E-state index >= 15 is 0 Å². The highest BCUT2D eigenvalue weighted by atomic mass is 32.2. The SMILES string of the molecule is COc1ccc(C=Nc2cc(S(=O)(=O)N3CCOCC3)ccc2N2CCCC2)c(OC)c1OC. The fourth-order valence-electron chi connectivity index (χ4n) is 4.29. The van der Waals surface area contributed by atoms with Gasteiger partial charge in [0.05, 0.1) is 50.8 Å². The zero-order valence-electron chi connectivity index (χ0n) is 19.8. The van der Waals surface area contributed by atoms with Crippen molar-refractivity contribution in [3.8, 4) is 17.2 Å². The summed E-state index contributed by atoms with van der Waals surface area (Å²) in [4.78, 5) is 7.19. The van der Waals surface area contributed by atoms with Gasteiger partial charge in [-0.3, -0.25) is 4.99 Å². The van der Waals surface area contributed by atoms with Crippen LogP contribution < -0.4 is 19.1 Å². The Hall–Kier alpha value is -2.82. The summed E-state index contributed by atoms with van der Waals surface area (Å²) in [6, 6.07) is 8.80. The van der Waals surface area contributed by atoms with Crippen LogP contribution in [0.4, 0.5) is 11.4 Å². The van der Waals surface area contributed by atoms with Crippen LogP contribution in [-0.4, -0.2) is 79.7 Å². The summed E-state index contributed by atoms with van der Waals surface area (Å²) in [6.07, 6.45) is 3.86. The second-order valence-electron chi connectivity index (χ2n) is 8.04. The molecule has 10 heteroatoms. The van der Waals surface area contributed by atoms with E-state index in [9.17, 15) is 8.42 Å². The maximum absolute atomic E-state index is 13.3. The van der Waals surface area contributed by atoms with Crippen LogP contribution in [0.3, 0.4) is 0 Å². The van der Waals surface area contributed by atoms with Crippen LogP contribution in [-0.2, 0) is 14.8 Å². The number of methoxy groups -OCH3 is 3. The van der Waals surface area contributed by atoms with Crippen molar-refractivity contribution in [2.75, 3.05) is 65.6 Å². The minimum absolute atomic E-state index is 0.226. The molecule has 0 bridgehead atoms. The van der Waals surface area contributed by atoms with E-state index in [1.165, 1.54) is 4.31 Å². The van der Waals surface area contributed by atoms with Gasteiger partial charge in [-0.1, -0.05) is 0 Å². The largest absolute Gasteiger partial charge is 0.493 e. The van der Waals surface area contributed by atoms with Gasteiger partial charge in [0.15, 0.2) is 11.5 Å². The summed E-state index contributed by atoms with van der Waals surface area (Å²) in [6.45, 7) is 3.31. The van der Waals surface area contributed by atoms with E-state index in [4.69, 9.17) is 23.9 Å². The van der Waals surface area contributed by atoms with Crippen molar-refractivity contribution < 1.29 is 27.4 Å². The smallest absolute Gasteiger partial charge is 0.243 e. The number of nitrogens with zero attached hydrogens (tertiary/aromatic N) is 3. The Bertz CT molecular complexity index is 1140. The van der Waals surface area contributed by atoms with E-state index in [0.29, 0.717) is 54.8 Å². The molecule has 0 saturated carbocycles. The number of hydrogen-bond acceptors (Lipinski definition) is 8. The van der Waals surface area contributed by atoms with Crippen LogP contribution in [0, 0.1) is 0 Å². The van der Waals surface area contributed by atoms with Crippen LogP contribution in [0.15, 0.2) is 40.2 Å². The van der Waals surface area contributed by atoms with E-state index in [0.717, 1.165) is 31.6 Å². The first-order valence-electron chi connectivity index (χ1n) is 11.3. The number of morpholine rings is 1. The van der Waals surface area contributed by atoms with Gasteiger partial charge in [-0.05, 0) is 43.2 Å². The van der Waals surface area contributed by atoms with Gasteiger partial charge in [-0.25, -0.2) is 8.42 Å². The molecule has 2 saturated heterocycles. The molecule has 34 heavy (non-hydrogen) atoms. The molecule has 2 heterocycles. The third kappa shape index (κ3) is 4.84. The lowest BCUT2D eigenvalue weighted by Crippen LogP contribution is -2.40. The molecule has 0 aromatic heterocycles. The lowest BCUT2D eigenvalue weighted by molar-refractivity contribution is 0.0730. The maximum Gasteiger partial charge on any atom is 0.243 e. The highest BCUT2D eigenvalue weighted by molar-refractivity contribution is 7.89. The van der Waals surface area contributed by atoms with Gasteiger partial charge in [0.2, 0.25) is 15.8 Å². The van der Waals surface area contributed by atoms with E-state index in [1.54, 1.807) is 45.7 Å². The standard InChI is InChI=1S/C24H31N3O6S/c1-30-22-9-6-18(23(31-2)24(22)32-3)17-25-20-16-19(7-8-21(20)26-10-4-5-11-26)34(28,29)27-12-14-33-15-13-27/h6-9,16-17H,4-5,10-15H2,1-3H3. The summed E-state index contributed by atoms with van der Waals surface area (Å²) in [7, 11) is 1.03. The second kappa shape index (κ2) is 10.6. The third-order valence-corrected chi connectivity index (χ3v) is 7.97. The Morgan fingerprint density at radius 1 is 0.912 bits per heavy atom. The quantitative estimate of drug-likeness (QED) is 0.527. The van der Waals surface area contributed by atoms with Crippen molar-refractivity contribution in [3.05, 3.63) is 35.9 Å². The molecule has 0 spiro atoms. The third-order valence-electron chi connectivity index (χ3n) is 6.08. The first-order chi connectivity index (χ1) is 16.5. The van der Waals surface area contributed by atoms with Crippen LogP contribution >= 0.6 is 0 Å². The number of rotatable bonds is 8. The van der Waals surface area contributed by atoms with Gasteiger partial charge in [0.25, 0.3) is 0 Å². The number of aliphatic imine (C=N–C) groups is 1. The van der Waals surface area contributed by atoms with Crippen LogP contribution in [0.2, 0.25) is 0 Å². The summed E-state index contributed by atoms with van der Waals surface area (Å²) >= 11 is 0.